The smallest absolute Gasteiger partial charge is 0.406 e. The standard InChI is InChI=1S/C29H33F3N4O6/c1-17-10-12-27(40,13-11-17)28(41,26(33)39)15-24(37)22(14-18-6-8-19(9-7-18)42-29(30,31)32)36-25(38)23-16-34-20-4-2-3-5-21(20)35-23/h2-9,16-17,22,24,37,40-41H,10-15H2,1H3,(H2,33,39)(H,36,38). The lowest BCUT2D eigenvalue weighted by Gasteiger charge is -2.46. The molecule has 1 aliphatic rings. The van der Waals surface area contributed by atoms with Crippen molar-refractivity contribution in [3.8, 4) is 5.75 Å². The molecule has 1 saturated carbocycles. The minimum atomic E-state index is -4.88. The van der Waals surface area contributed by atoms with Crippen molar-refractivity contribution in [2.24, 2.45) is 11.7 Å². The number of aliphatic hydroxyl groups excluding tert-OH is 1. The van der Waals surface area contributed by atoms with E-state index in [0.717, 1.165) is 12.1 Å². The monoisotopic (exact) mass is 590 g/mol. The lowest BCUT2D eigenvalue weighted by atomic mass is 9.67. The van der Waals surface area contributed by atoms with Gasteiger partial charge in [-0.3, -0.25) is 14.6 Å². The third-order valence-electron chi connectivity index (χ3n) is 7.86. The van der Waals surface area contributed by atoms with Gasteiger partial charge in [0, 0.05) is 6.42 Å². The summed E-state index contributed by atoms with van der Waals surface area (Å²) in [6.45, 7) is 1.98. The van der Waals surface area contributed by atoms with Gasteiger partial charge in [0.05, 0.1) is 29.4 Å². The molecule has 1 aliphatic carbocycles. The molecule has 2 aromatic carbocycles. The first-order valence-corrected chi connectivity index (χ1v) is 13.5. The number of nitrogens with zero attached hydrogens (tertiary/aromatic N) is 2. The number of nitrogens with two attached hydrogens (primary N) is 1. The molecule has 226 valence electrons. The van der Waals surface area contributed by atoms with Crippen LogP contribution in [0.5, 0.6) is 5.75 Å². The third-order valence-corrected chi connectivity index (χ3v) is 7.86. The Hall–Kier alpha value is -3.81. The number of aliphatic hydroxyl groups is 3. The van der Waals surface area contributed by atoms with E-state index in [1.54, 1.807) is 24.3 Å². The molecular formula is C29H33F3N4O6. The Morgan fingerprint density at radius 3 is 2.33 bits per heavy atom. The fraction of sp³-hybridized carbons (Fsp3) is 0.448. The molecular weight excluding hydrogens is 557 g/mol. The zero-order valence-corrected chi connectivity index (χ0v) is 22.8. The maximum absolute atomic E-state index is 13.2. The Kier molecular flexibility index (Phi) is 9.04. The first-order valence-electron chi connectivity index (χ1n) is 13.5. The van der Waals surface area contributed by atoms with E-state index in [2.05, 4.69) is 20.0 Å². The van der Waals surface area contributed by atoms with Crippen molar-refractivity contribution in [2.45, 2.75) is 75.2 Å². The number of nitrogens with one attached hydrogen (secondary N) is 1. The molecule has 6 N–H and O–H groups in total. The van der Waals surface area contributed by atoms with Gasteiger partial charge in [0.1, 0.15) is 17.0 Å². The number of para-hydroxylation sites is 2. The van der Waals surface area contributed by atoms with Crippen LogP contribution in [0.4, 0.5) is 13.2 Å². The highest BCUT2D eigenvalue weighted by Crippen LogP contribution is 2.41. The number of amides is 2. The lowest BCUT2D eigenvalue weighted by molar-refractivity contribution is -0.274. The highest BCUT2D eigenvalue weighted by atomic mass is 19.4. The van der Waals surface area contributed by atoms with E-state index in [-0.39, 0.29) is 30.9 Å². The van der Waals surface area contributed by atoms with Crippen LogP contribution in [0, 0.1) is 5.92 Å². The second kappa shape index (κ2) is 12.2. The molecule has 3 atom stereocenters. The number of benzene rings is 2. The number of hydrogen-bond acceptors (Lipinski definition) is 8. The summed E-state index contributed by atoms with van der Waals surface area (Å²) in [5.74, 6) is -2.16. The summed E-state index contributed by atoms with van der Waals surface area (Å²) < 4.78 is 41.7. The number of alkyl halides is 3. The Balaban J connectivity index is 1.61. The first-order chi connectivity index (χ1) is 19.7. The highest BCUT2D eigenvalue weighted by Gasteiger charge is 2.55. The van der Waals surface area contributed by atoms with Crippen molar-refractivity contribution in [1.82, 2.24) is 15.3 Å². The molecule has 13 heteroatoms. The number of ether oxygens (including phenoxy) is 1. The van der Waals surface area contributed by atoms with Crippen LogP contribution in [0.2, 0.25) is 0 Å². The van der Waals surface area contributed by atoms with E-state index in [9.17, 15) is 38.1 Å². The van der Waals surface area contributed by atoms with Crippen LogP contribution in [-0.2, 0) is 11.2 Å². The highest BCUT2D eigenvalue weighted by molar-refractivity contribution is 5.94. The largest absolute Gasteiger partial charge is 0.573 e. The molecule has 1 fully saturated rings. The van der Waals surface area contributed by atoms with Gasteiger partial charge in [0.25, 0.3) is 11.8 Å². The Morgan fingerprint density at radius 2 is 1.74 bits per heavy atom. The quantitative estimate of drug-likeness (QED) is 0.240. The molecule has 1 aromatic heterocycles. The van der Waals surface area contributed by atoms with E-state index < -0.39 is 53.7 Å². The number of rotatable bonds is 10. The molecule has 42 heavy (non-hydrogen) atoms. The van der Waals surface area contributed by atoms with Crippen LogP contribution >= 0.6 is 0 Å². The lowest BCUT2D eigenvalue weighted by Crippen LogP contribution is -2.65. The molecule has 0 aliphatic heterocycles. The summed E-state index contributed by atoms with van der Waals surface area (Å²) in [6.07, 6.45) is -4.92. The van der Waals surface area contributed by atoms with Crippen molar-refractivity contribution in [3.05, 3.63) is 66.0 Å². The van der Waals surface area contributed by atoms with Gasteiger partial charge >= 0.3 is 6.36 Å². The summed E-state index contributed by atoms with van der Waals surface area (Å²) in [4.78, 5) is 34.3. The number of carbonyl (C=O) groups is 2. The van der Waals surface area contributed by atoms with Gasteiger partial charge in [0.2, 0.25) is 0 Å². The van der Waals surface area contributed by atoms with Crippen molar-refractivity contribution >= 4 is 22.8 Å². The van der Waals surface area contributed by atoms with Crippen LogP contribution in [0.15, 0.2) is 54.7 Å². The van der Waals surface area contributed by atoms with Gasteiger partial charge in [-0.2, -0.15) is 0 Å². The van der Waals surface area contributed by atoms with E-state index in [4.69, 9.17) is 5.73 Å². The Labute approximate surface area is 239 Å². The third kappa shape index (κ3) is 7.15. The summed E-state index contributed by atoms with van der Waals surface area (Å²) >= 11 is 0. The summed E-state index contributed by atoms with van der Waals surface area (Å²) in [7, 11) is 0. The molecule has 0 saturated heterocycles. The summed E-state index contributed by atoms with van der Waals surface area (Å²) in [5.41, 5.74) is 2.45. The zero-order valence-electron chi connectivity index (χ0n) is 22.8. The van der Waals surface area contributed by atoms with Gasteiger partial charge in [0.15, 0.2) is 5.60 Å². The molecule has 0 spiro atoms. The number of primary amides is 1. The molecule has 0 bridgehead atoms. The average molecular weight is 591 g/mol. The molecule has 3 unspecified atom stereocenters. The SMILES string of the molecule is CC1CCC(O)(C(O)(CC(O)C(Cc2ccc(OC(F)(F)F)cc2)NC(=O)c2cnc3ccccc3n2)C(N)=O)CC1. The van der Waals surface area contributed by atoms with Gasteiger partial charge in [-0.25, -0.2) is 4.98 Å². The summed E-state index contributed by atoms with van der Waals surface area (Å²) in [5, 5.41) is 36.7. The van der Waals surface area contributed by atoms with Crippen molar-refractivity contribution in [2.75, 3.05) is 0 Å². The van der Waals surface area contributed by atoms with Crippen molar-refractivity contribution in [1.29, 1.82) is 0 Å². The molecule has 4 rings (SSSR count). The molecule has 10 nitrogen and oxygen atoms in total. The molecule has 3 aromatic rings. The van der Waals surface area contributed by atoms with Gasteiger partial charge in [-0.1, -0.05) is 31.2 Å². The fourth-order valence-electron chi connectivity index (χ4n) is 5.29. The van der Waals surface area contributed by atoms with Crippen LogP contribution in [0.25, 0.3) is 11.0 Å². The van der Waals surface area contributed by atoms with Crippen LogP contribution in [0.1, 0.15) is 55.1 Å². The molecule has 0 radical (unpaired) electrons. The maximum Gasteiger partial charge on any atom is 0.573 e. The van der Waals surface area contributed by atoms with Crippen LogP contribution in [-0.4, -0.2) is 66.8 Å². The second-order valence-electron chi connectivity index (χ2n) is 10.9. The molecule has 1 heterocycles. The average Bonchev–Trinajstić information content (AvgIpc) is 2.94. The normalized spacial score (nSPS) is 22.1. The zero-order chi connectivity index (χ0) is 30.7. The van der Waals surface area contributed by atoms with E-state index in [1.807, 2.05) is 6.92 Å². The fourth-order valence-corrected chi connectivity index (χ4v) is 5.29. The number of aromatic nitrogens is 2. The van der Waals surface area contributed by atoms with Gasteiger partial charge in [-0.15, -0.1) is 13.2 Å². The Bertz CT molecular complexity index is 1410. The number of fused-ring (bicyclic) bond motifs is 1. The number of carbonyl (C=O) groups excluding carboxylic acids is 2. The topological polar surface area (TPSA) is 168 Å². The van der Waals surface area contributed by atoms with E-state index >= 15 is 0 Å². The minimum absolute atomic E-state index is 0.0741. The minimum Gasteiger partial charge on any atom is -0.406 e. The molecule has 2 amide bonds. The number of halogens is 3. The van der Waals surface area contributed by atoms with Crippen LogP contribution < -0.4 is 15.8 Å². The first kappa shape index (κ1) is 31.1. The Morgan fingerprint density at radius 1 is 1.12 bits per heavy atom. The van der Waals surface area contributed by atoms with Crippen molar-refractivity contribution < 1.29 is 42.8 Å². The predicted molar refractivity (Wildman–Crippen MR) is 145 cm³/mol. The maximum atomic E-state index is 13.2. The van der Waals surface area contributed by atoms with Crippen molar-refractivity contribution in [3.63, 3.8) is 0 Å². The van der Waals surface area contributed by atoms with E-state index in [1.165, 1.54) is 18.3 Å². The predicted octanol–water partition coefficient (Wildman–Crippen LogP) is 2.78. The van der Waals surface area contributed by atoms with Crippen LogP contribution in [0.3, 0.4) is 0 Å². The van der Waals surface area contributed by atoms with E-state index in [0.29, 0.717) is 29.4 Å². The summed E-state index contributed by atoms with van der Waals surface area (Å²) in [6, 6.07) is 10.4. The second-order valence-corrected chi connectivity index (χ2v) is 10.9. The number of hydrogen-bond donors (Lipinski definition) is 5. The van der Waals surface area contributed by atoms with Gasteiger partial charge in [-0.05, 0) is 67.9 Å². The van der Waals surface area contributed by atoms with Gasteiger partial charge < -0.3 is 31.1 Å².